The van der Waals surface area contributed by atoms with Crippen molar-refractivity contribution < 1.29 is 13.9 Å². The van der Waals surface area contributed by atoms with Crippen molar-refractivity contribution in [3.8, 4) is 5.75 Å². The molecule has 0 saturated carbocycles. The van der Waals surface area contributed by atoms with E-state index < -0.39 is 5.82 Å². The number of nitrogens with zero attached hydrogens (tertiary/aromatic N) is 3. The molecular formula is C21H24FN3O2. The monoisotopic (exact) mass is 369 g/mol. The minimum absolute atomic E-state index is 0.121. The van der Waals surface area contributed by atoms with E-state index >= 15 is 0 Å². The highest BCUT2D eigenvalue weighted by Crippen LogP contribution is 2.30. The van der Waals surface area contributed by atoms with Gasteiger partial charge < -0.3 is 14.5 Å². The first-order chi connectivity index (χ1) is 13.1. The molecule has 5 nitrogen and oxygen atoms in total. The van der Waals surface area contributed by atoms with Crippen LogP contribution in [0, 0.1) is 5.82 Å². The number of halogens is 1. The molecule has 1 aromatic heterocycles. The first kappa shape index (κ1) is 17.8. The number of pyridine rings is 1. The highest BCUT2D eigenvalue weighted by molar-refractivity contribution is 5.94. The first-order valence-corrected chi connectivity index (χ1v) is 9.51. The van der Waals surface area contributed by atoms with Crippen LogP contribution in [0.3, 0.4) is 0 Å². The lowest BCUT2D eigenvalue weighted by Gasteiger charge is -2.38. The van der Waals surface area contributed by atoms with Gasteiger partial charge in [-0.2, -0.15) is 0 Å². The van der Waals surface area contributed by atoms with Crippen LogP contribution in [0.2, 0.25) is 0 Å². The molecular weight excluding hydrogens is 345 g/mol. The molecule has 1 saturated heterocycles. The van der Waals surface area contributed by atoms with Crippen molar-refractivity contribution in [2.75, 3.05) is 31.6 Å². The van der Waals surface area contributed by atoms with Gasteiger partial charge in [-0.25, -0.2) is 4.39 Å². The summed E-state index contributed by atoms with van der Waals surface area (Å²) in [6.07, 6.45) is 6.98. The molecule has 3 heterocycles. The standard InChI is InChI=1S/C21H24FN3O2/c1-24(17-6-10-25(11-7-17)18-4-8-23-9-5-18)21(26)16-13-15-3-2-12-27-20(15)19(22)14-16/h4-5,8-9,13-14,17H,2-3,6-7,10-12H2,1H3. The number of aryl methyl sites for hydroxylation is 1. The second kappa shape index (κ2) is 7.55. The third-order valence-corrected chi connectivity index (χ3v) is 5.56. The highest BCUT2D eigenvalue weighted by atomic mass is 19.1. The molecule has 0 aliphatic carbocycles. The van der Waals surface area contributed by atoms with Gasteiger partial charge in [0, 0.05) is 49.8 Å². The van der Waals surface area contributed by atoms with Gasteiger partial charge >= 0.3 is 0 Å². The molecule has 1 aromatic carbocycles. The van der Waals surface area contributed by atoms with Crippen molar-refractivity contribution in [2.45, 2.75) is 31.7 Å². The van der Waals surface area contributed by atoms with Crippen molar-refractivity contribution >= 4 is 11.6 Å². The molecule has 1 fully saturated rings. The Labute approximate surface area is 158 Å². The molecule has 0 bridgehead atoms. The van der Waals surface area contributed by atoms with Crippen LogP contribution in [0.15, 0.2) is 36.7 Å². The van der Waals surface area contributed by atoms with E-state index in [4.69, 9.17) is 4.74 Å². The number of hydrogen-bond donors (Lipinski definition) is 0. The SMILES string of the molecule is CN(C(=O)c1cc(F)c2c(c1)CCCO2)C1CCN(c2ccncc2)CC1. The van der Waals surface area contributed by atoms with Crippen LogP contribution in [-0.2, 0) is 6.42 Å². The molecule has 0 unspecified atom stereocenters. The van der Waals surface area contributed by atoms with Crippen molar-refractivity contribution in [2.24, 2.45) is 0 Å². The second-order valence-corrected chi connectivity index (χ2v) is 7.24. The molecule has 0 radical (unpaired) electrons. The molecule has 4 rings (SSSR count). The maximum absolute atomic E-state index is 14.3. The van der Waals surface area contributed by atoms with Crippen molar-refractivity contribution in [3.63, 3.8) is 0 Å². The van der Waals surface area contributed by atoms with Gasteiger partial charge in [0.15, 0.2) is 11.6 Å². The summed E-state index contributed by atoms with van der Waals surface area (Å²) in [4.78, 5) is 21.1. The number of carbonyl (C=O) groups is 1. The van der Waals surface area contributed by atoms with E-state index in [9.17, 15) is 9.18 Å². The topological polar surface area (TPSA) is 45.7 Å². The fourth-order valence-electron chi connectivity index (χ4n) is 3.99. The third-order valence-electron chi connectivity index (χ3n) is 5.56. The number of fused-ring (bicyclic) bond motifs is 1. The normalized spacial score (nSPS) is 17.2. The zero-order valence-electron chi connectivity index (χ0n) is 15.5. The number of benzene rings is 1. The van der Waals surface area contributed by atoms with Crippen molar-refractivity contribution in [1.82, 2.24) is 9.88 Å². The second-order valence-electron chi connectivity index (χ2n) is 7.24. The van der Waals surface area contributed by atoms with E-state index in [1.54, 1.807) is 23.4 Å². The number of piperidine rings is 1. The van der Waals surface area contributed by atoms with Crippen LogP contribution in [0.5, 0.6) is 5.75 Å². The Kier molecular flexibility index (Phi) is 4.97. The number of rotatable bonds is 3. The van der Waals surface area contributed by atoms with E-state index in [1.165, 1.54) is 6.07 Å². The van der Waals surface area contributed by atoms with Gasteiger partial charge in [0.05, 0.1) is 6.61 Å². The number of amides is 1. The summed E-state index contributed by atoms with van der Waals surface area (Å²) < 4.78 is 19.7. The van der Waals surface area contributed by atoms with Crippen LogP contribution in [0.1, 0.15) is 35.2 Å². The Hall–Kier alpha value is -2.63. The summed E-state index contributed by atoms with van der Waals surface area (Å²) in [5.41, 5.74) is 2.37. The van der Waals surface area contributed by atoms with Crippen LogP contribution >= 0.6 is 0 Å². The summed E-state index contributed by atoms with van der Waals surface area (Å²) in [6.45, 7) is 2.31. The molecule has 2 aliphatic heterocycles. The molecule has 0 atom stereocenters. The summed E-state index contributed by atoms with van der Waals surface area (Å²) >= 11 is 0. The van der Waals surface area contributed by atoms with Gasteiger partial charge in [-0.15, -0.1) is 0 Å². The Balaban J connectivity index is 1.43. The Morgan fingerprint density at radius 3 is 2.74 bits per heavy atom. The van der Waals surface area contributed by atoms with Gasteiger partial charge in [0.2, 0.25) is 0 Å². The quantitative estimate of drug-likeness (QED) is 0.833. The van der Waals surface area contributed by atoms with E-state index in [0.29, 0.717) is 17.9 Å². The van der Waals surface area contributed by atoms with E-state index in [0.717, 1.165) is 50.0 Å². The van der Waals surface area contributed by atoms with Crippen LogP contribution < -0.4 is 9.64 Å². The number of aromatic nitrogens is 1. The molecule has 27 heavy (non-hydrogen) atoms. The lowest BCUT2D eigenvalue weighted by Crippen LogP contribution is -2.45. The fraction of sp³-hybridized carbons (Fsp3) is 0.429. The summed E-state index contributed by atoms with van der Waals surface area (Å²) in [6, 6.07) is 7.28. The average molecular weight is 369 g/mol. The zero-order valence-corrected chi connectivity index (χ0v) is 15.5. The Bertz CT molecular complexity index is 820. The molecule has 1 amide bonds. The fourth-order valence-corrected chi connectivity index (χ4v) is 3.99. The maximum atomic E-state index is 14.3. The maximum Gasteiger partial charge on any atom is 0.253 e. The number of anilines is 1. The highest BCUT2D eigenvalue weighted by Gasteiger charge is 2.27. The van der Waals surface area contributed by atoms with E-state index in [-0.39, 0.29) is 11.9 Å². The minimum atomic E-state index is -0.434. The summed E-state index contributed by atoms with van der Waals surface area (Å²) in [5, 5.41) is 0. The Morgan fingerprint density at radius 1 is 1.26 bits per heavy atom. The van der Waals surface area contributed by atoms with Gasteiger partial charge in [0.1, 0.15) is 0 Å². The van der Waals surface area contributed by atoms with Crippen molar-refractivity contribution in [1.29, 1.82) is 0 Å². The molecule has 6 heteroatoms. The molecule has 0 spiro atoms. The summed E-state index contributed by atoms with van der Waals surface area (Å²) in [5.74, 6) is -0.243. The van der Waals surface area contributed by atoms with Crippen LogP contribution in [0.25, 0.3) is 0 Å². The molecule has 142 valence electrons. The summed E-state index contributed by atoms with van der Waals surface area (Å²) in [7, 11) is 1.82. The van der Waals surface area contributed by atoms with Gasteiger partial charge in [0.25, 0.3) is 5.91 Å². The van der Waals surface area contributed by atoms with Gasteiger partial charge in [-0.1, -0.05) is 0 Å². The molecule has 2 aromatic rings. The average Bonchev–Trinajstić information content (AvgIpc) is 2.73. The lowest BCUT2D eigenvalue weighted by atomic mass is 9.99. The predicted molar refractivity (Wildman–Crippen MR) is 102 cm³/mol. The van der Waals surface area contributed by atoms with Crippen molar-refractivity contribution in [3.05, 3.63) is 53.6 Å². The Morgan fingerprint density at radius 2 is 2.00 bits per heavy atom. The molecule has 2 aliphatic rings. The third kappa shape index (κ3) is 3.61. The van der Waals surface area contributed by atoms with E-state index in [1.807, 2.05) is 19.2 Å². The van der Waals surface area contributed by atoms with Gasteiger partial charge in [-0.05, 0) is 55.5 Å². The van der Waals surface area contributed by atoms with E-state index in [2.05, 4.69) is 9.88 Å². The zero-order chi connectivity index (χ0) is 18.8. The minimum Gasteiger partial charge on any atom is -0.490 e. The lowest BCUT2D eigenvalue weighted by molar-refractivity contribution is 0.0708. The molecule has 0 N–H and O–H groups in total. The first-order valence-electron chi connectivity index (χ1n) is 9.51. The predicted octanol–water partition coefficient (Wildman–Crippen LogP) is 3.29. The largest absolute Gasteiger partial charge is 0.490 e. The number of hydrogen-bond acceptors (Lipinski definition) is 4. The van der Waals surface area contributed by atoms with Gasteiger partial charge in [-0.3, -0.25) is 9.78 Å². The van der Waals surface area contributed by atoms with Crippen LogP contribution in [-0.4, -0.2) is 48.6 Å². The number of ether oxygens (including phenoxy) is 1. The smallest absolute Gasteiger partial charge is 0.253 e. The number of carbonyl (C=O) groups excluding carboxylic acids is 1. The van der Waals surface area contributed by atoms with Crippen LogP contribution in [0.4, 0.5) is 10.1 Å².